The minimum absolute atomic E-state index is 0.0982. The van der Waals surface area contributed by atoms with Crippen LogP contribution in [0.5, 0.6) is 0 Å². The molecule has 0 aromatic heterocycles. The fourth-order valence-corrected chi connectivity index (χ4v) is 1.89. The largest absolute Gasteiger partial charge is 0.479 e. The third kappa shape index (κ3) is 3.75. The monoisotopic (exact) mass is 295 g/mol. The molecule has 0 aliphatic heterocycles. The highest BCUT2D eigenvalue weighted by Gasteiger charge is 2.30. The summed E-state index contributed by atoms with van der Waals surface area (Å²) in [6.45, 7) is 0. The number of hydrogen-bond donors (Lipinski definition) is 2. The highest BCUT2D eigenvalue weighted by Crippen LogP contribution is 2.31. The summed E-state index contributed by atoms with van der Waals surface area (Å²) in [5, 5.41) is 11.8. The predicted molar refractivity (Wildman–Crippen MR) is 71.9 cm³/mol. The molecule has 1 atom stereocenters. The summed E-state index contributed by atoms with van der Waals surface area (Å²) in [6, 6.07) is 11.6. The molecule has 0 saturated heterocycles. The van der Waals surface area contributed by atoms with Crippen LogP contribution in [-0.4, -0.2) is 11.1 Å². The first-order valence-electron chi connectivity index (χ1n) is 6.09. The van der Waals surface area contributed by atoms with E-state index in [9.17, 15) is 23.1 Å². The van der Waals surface area contributed by atoms with Gasteiger partial charge in [-0.1, -0.05) is 36.4 Å². The van der Waals surface area contributed by atoms with Crippen LogP contribution in [0.3, 0.4) is 0 Å². The summed E-state index contributed by atoms with van der Waals surface area (Å²) in [5.41, 5.74) is -0.270. The molecule has 0 spiro atoms. The number of anilines is 1. The summed E-state index contributed by atoms with van der Waals surface area (Å²) >= 11 is 0. The molecule has 2 aromatic rings. The van der Waals surface area contributed by atoms with Crippen molar-refractivity contribution in [3.63, 3.8) is 0 Å². The maximum atomic E-state index is 12.6. The number of carboxylic acid groups (broad SMARTS) is 1. The van der Waals surface area contributed by atoms with Gasteiger partial charge < -0.3 is 10.4 Å². The summed E-state index contributed by atoms with van der Waals surface area (Å²) in [6.07, 6.45) is -4.47. The van der Waals surface area contributed by atoms with E-state index in [1.54, 1.807) is 30.3 Å². The van der Waals surface area contributed by atoms with Crippen molar-refractivity contribution in [1.29, 1.82) is 0 Å². The van der Waals surface area contributed by atoms with Crippen LogP contribution in [0, 0.1) is 0 Å². The first kappa shape index (κ1) is 14.9. The maximum Gasteiger partial charge on any atom is 0.416 e. The van der Waals surface area contributed by atoms with Crippen LogP contribution >= 0.6 is 0 Å². The van der Waals surface area contributed by atoms with Gasteiger partial charge in [-0.25, -0.2) is 4.79 Å². The average Bonchev–Trinajstić information content (AvgIpc) is 2.45. The molecule has 0 heterocycles. The minimum atomic E-state index is -4.47. The van der Waals surface area contributed by atoms with Gasteiger partial charge in [-0.05, 0) is 23.8 Å². The number of alkyl halides is 3. The Hall–Kier alpha value is -2.50. The van der Waals surface area contributed by atoms with E-state index in [4.69, 9.17) is 0 Å². The Balaban J connectivity index is 2.28. The molecule has 2 rings (SSSR count). The minimum Gasteiger partial charge on any atom is -0.479 e. The lowest BCUT2D eigenvalue weighted by atomic mass is 10.1. The molecule has 21 heavy (non-hydrogen) atoms. The van der Waals surface area contributed by atoms with Gasteiger partial charge >= 0.3 is 12.1 Å². The highest BCUT2D eigenvalue weighted by molar-refractivity contribution is 5.79. The van der Waals surface area contributed by atoms with Crippen molar-refractivity contribution in [2.45, 2.75) is 12.2 Å². The second-order valence-corrected chi connectivity index (χ2v) is 4.40. The molecule has 0 aliphatic carbocycles. The molecule has 0 bridgehead atoms. The Labute approximate surface area is 119 Å². The van der Waals surface area contributed by atoms with Crippen molar-refractivity contribution in [1.82, 2.24) is 0 Å². The Bertz CT molecular complexity index is 626. The number of rotatable bonds is 4. The second-order valence-electron chi connectivity index (χ2n) is 4.40. The fourth-order valence-electron chi connectivity index (χ4n) is 1.89. The third-order valence-corrected chi connectivity index (χ3v) is 2.88. The number of nitrogens with one attached hydrogen (secondary N) is 1. The van der Waals surface area contributed by atoms with Gasteiger partial charge in [0.25, 0.3) is 0 Å². The maximum absolute atomic E-state index is 12.6. The van der Waals surface area contributed by atoms with Crippen molar-refractivity contribution in [2.24, 2.45) is 0 Å². The van der Waals surface area contributed by atoms with Gasteiger partial charge in [-0.3, -0.25) is 0 Å². The first-order valence-corrected chi connectivity index (χ1v) is 6.09. The van der Waals surface area contributed by atoms with Gasteiger partial charge in [-0.2, -0.15) is 13.2 Å². The lowest BCUT2D eigenvalue weighted by molar-refractivity contribution is -0.138. The molecule has 0 aliphatic rings. The molecule has 0 unspecified atom stereocenters. The van der Waals surface area contributed by atoms with Crippen molar-refractivity contribution < 1.29 is 23.1 Å². The Morgan fingerprint density at radius 2 is 1.71 bits per heavy atom. The molecule has 0 amide bonds. The van der Waals surface area contributed by atoms with Gasteiger partial charge in [0, 0.05) is 5.69 Å². The van der Waals surface area contributed by atoms with E-state index in [-0.39, 0.29) is 5.69 Å². The van der Waals surface area contributed by atoms with Crippen LogP contribution in [0.4, 0.5) is 18.9 Å². The molecule has 3 nitrogen and oxygen atoms in total. The Morgan fingerprint density at radius 3 is 2.29 bits per heavy atom. The quantitative estimate of drug-likeness (QED) is 0.898. The van der Waals surface area contributed by atoms with Crippen molar-refractivity contribution in [3.8, 4) is 0 Å². The first-order chi connectivity index (χ1) is 9.88. The molecular formula is C15H12F3NO2. The number of aliphatic carboxylic acids is 1. The number of benzene rings is 2. The predicted octanol–water partition coefficient (Wildman–Crippen LogP) is 3.94. The van der Waals surface area contributed by atoms with E-state index in [2.05, 4.69) is 5.32 Å². The second kappa shape index (κ2) is 5.87. The molecule has 2 N–H and O–H groups in total. The lowest BCUT2D eigenvalue weighted by Crippen LogP contribution is -2.20. The molecule has 2 aromatic carbocycles. The van der Waals surface area contributed by atoms with E-state index in [0.717, 1.165) is 12.1 Å². The van der Waals surface area contributed by atoms with Crippen molar-refractivity contribution >= 4 is 11.7 Å². The van der Waals surface area contributed by atoms with Gasteiger partial charge in [0.15, 0.2) is 6.04 Å². The van der Waals surface area contributed by atoms with E-state index < -0.39 is 23.8 Å². The van der Waals surface area contributed by atoms with Gasteiger partial charge in [0.2, 0.25) is 0 Å². The highest BCUT2D eigenvalue weighted by atomic mass is 19.4. The third-order valence-electron chi connectivity index (χ3n) is 2.88. The normalized spacial score (nSPS) is 12.7. The summed E-state index contributed by atoms with van der Waals surface area (Å²) in [4.78, 5) is 11.3. The zero-order valence-electron chi connectivity index (χ0n) is 10.8. The average molecular weight is 295 g/mol. The molecular weight excluding hydrogens is 283 g/mol. The Morgan fingerprint density at radius 1 is 1.05 bits per heavy atom. The van der Waals surface area contributed by atoms with E-state index >= 15 is 0 Å². The molecule has 0 saturated carbocycles. The van der Waals surface area contributed by atoms with E-state index in [0.29, 0.717) is 5.56 Å². The zero-order chi connectivity index (χ0) is 15.5. The molecule has 110 valence electrons. The van der Waals surface area contributed by atoms with Crippen LogP contribution in [0.2, 0.25) is 0 Å². The van der Waals surface area contributed by atoms with Crippen LogP contribution in [0.25, 0.3) is 0 Å². The summed E-state index contributed by atoms with van der Waals surface area (Å²) in [7, 11) is 0. The summed E-state index contributed by atoms with van der Waals surface area (Å²) < 4.78 is 37.9. The molecule has 0 fully saturated rings. The molecule has 0 radical (unpaired) electrons. The number of carbonyl (C=O) groups is 1. The smallest absolute Gasteiger partial charge is 0.416 e. The van der Waals surface area contributed by atoms with Crippen LogP contribution < -0.4 is 5.32 Å². The van der Waals surface area contributed by atoms with Crippen molar-refractivity contribution in [3.05, 3.63) is 65.7 Å². The van der Waals surface area contributed by atoms with Gasteiger partial charge in [-0.15, -0.1) is 0 Å². The number of hydrogen-bond acceptors (Lipinski definition) is 2. The standard InChI is InChI=1S/C15H12F3NO2/c16-15(17,18)11-7-4-8-12(9-11)19-13(14(20)21)10-5-2-1-3-6-10/h1-9,13,19H,(H,20,21)/t13-/m1/s1. The van der Waals surface area contributed by atoms with E-state index in [1.807, 2.05) is 0 Å². The fraction of sp³-hybridized carbons (Fsp3) is 0.133. The number of halogens is 3. The SMILES string of the molecule is O=C(O)[C@H](Nc1cccc(C(F)(F)F)c1)c1ccccc1. The van der Waals surface area contributed by atoms with Crippen LogP contribution in [-0.2, 0) is 11.0 Å². The van der Waals surface area contributed by atoms with Crippen LogP contribution in [0.1, 0.15) is 17.2 Å². The topological polar surface area (TPSA) is 49.3 Å². The van der Waals surface area contributed by atoms with Crippen LogP contribution in [0.15, 0.2) is 54.6 Å². The number of carboxylic acids is 1. The summed E-state index contributed by atoms with van der Waals surface area (Å²) in [5.74, 6) is -1.17. The van der Waals surface area contributed by atoms with E-state index in [1.165, 1.54) is 12.1 Å². The zero-order valence-corrected chi connectivity index (χ0v) is 10.8. The Kier molecular flexibility index (Phi) is 4.16. The van der Waals surface area contributed by atoms with Crippen molar-refractivity contribution in [2.75, 3.05) is 5.32 Å². The van der Waals surface area contributed by atoms with Gasteiger partial charge in [0.1, 0.15) is 0 Å². The lowest BCUT2D eigenvalue weighted by Gasteiger charge is -2.17. The van der Waals surface area contributed by atoms with Gasteiger partial charge in [0.05, 0.1) is 5.56 Å². The molecule has 6 heteroatoms.